The smallest absolute Gasteiger partial charge is 0.492 e. The van der Waals surface area contributed by atoms with Crippen LogP contribution in [-0.4, -0.2) is 42.7 Å². The zero-order valence-corrected chi connectivity index (χ0v) is 12.1. The lowest BCUT2D eigenvalue weighted by Crippen LogP contribution is -2.34. The van der Waals surface area contributed by atoms with Crippen LogP contribution in [0.5, 0.6) is 5.75 Å². The van der Waals surface area contributed by atoms with Crippen LogP contribution in [0.2, 0.25) is 0 Å². The molecule has 0 amide bonds. The number of hydrogen-bond acceptors (Lipinski definition) is 5. The van der Waals surface area contributed by atoms with E-state index >= 15 is 0 Å². The quantitative estimate of drug-likeness (QED) is 0.742. The third-order valence-corrected chi connectivity index (χ3v) is 5.31. The minimum absolute atomic E-state index is 0.0245. The highest BCUT2D eigenvalue weighted by molar-refractivity contribution is 7.92. The van der Waals surface area contributed by atoms with Crippen molar-refractivity contribution in [2.24, 2.45) is 0 Å². The van der Waals surface area contributed by atoms with E-state index in [1.54, 1.807) is 39.0 Å². The molecular formula is C12H19BO5S. The molecule has 7 heteroatoms. The van der Waals surface area contributed by atoms with Crippen molar-refractivity contribution < 1.29 is 23.2 Å². The molecule has 0 saturated heterocycles. The van der Waals surface area contributed by atoms with Gasteiger partial charge in [0.25, 0.3) is 0 Å². The predicted molar refractivity (Wildman–Crippen MR) is 75.3 cm³/mol. The molecule has 106 valence electrons. The molecule has 1 aromatic rings. The summed E-state index contributed by atoms with van der Waals surface area (Å²) < 4.78 is 28.3. The lowest BCUT2D eigenvalue weighted by molar-refractivity contribution is 0.339. The van der Waals surface area contributed by atoms with Crippen LogP contribution in [0.1, 0.15) is 20.8 Å². The van der Waals surface area contributed by atoms with Gasteiger partial charge in [0.1, 0.15) is 12.4 Å². The van der Waals surface area contributed by atoms with Crippen molar-refractivity contribution in [1.29, 1.82) is 0 Å². The van der Waals surface area contributed by atoms with E-state index in [1.807, 2.05) is 0 Å². The molecule has 0 fully saturated rings. The maximum atomic E-state index is 11.9. The fourth-order valence-electron chi connectivity index (χ4n) is 1.39. The van der Waals surface area contributed by atoms with E-state index in [0.29, 0.717) is 0 Å². The maximum absolute atomic E-state index is 11.9. The van der Waals surface area contributed by atoms with Crippen LogP contribution >= 0.6 is 0 Å². The Balaban J connectivity index is 2.70. The molecule has 2 N–H and O–H groups in total. The van der Waals surface area contributed by atoms with E-state index in [4.69, 9.17) is 14.8 Å². The Kier molecular flexibility index (Phi) is 5.01. The highest BCUT2D eigenvalue weighted by Crippen LogP contribution is 2.16. The van der Waals surface area contributed by atoms with Crippen molar-refractivity contribution in [2.75, 3.05) is 12.4 Å². The minimum atomic E-state index is -3.25. The van der Waals surface area contributed by atoms with Crippen LogP contribution in [0.4, 0.5) is 0 Å². The zero-order valence-electron chi connectivity index (χ0n) is 11.3. The van der Waals surface area contributed by atoms with Gasteiger partial charge in [0.2, 0.25) is 0 Å². The minimum Gasteiger partial charge on any atom is -0.493 e. The van der Waals surface area contributed by atoms with Crippen molar-refractivity contribution in [1.82, 2.24) is 0 Å². The Bertz CT molecular complexity index is 519. The molecule has 0 heterocycles. The van der Waals surface area contributed by atoms with E-state index in [-0.39, 0.29) is 23.6 Å². The van der Waals surface area contributed by atoms with Crippen LogP contribution < -0.4 is 10.2 Å². The second-order valence-corrected chi connectivity index (χ2v) is 8.05. The van der Waals surface area contributed by atoms with E-state index in [9.17, 15) is 8.42 Å². The summed E-state index contributed by atoms with van der Waals surface area (Å²) >= 11 is 0. The lowest BCUT2D eigenvalue weighted by Gasteiger charge is -2.19. The molecule has 0 aromatic heterocycles. The third kappa shape index (κ3) is 4.23. The molecular weight excluding hydrogens is 267 g/mol. The summed E-state index contributed by atoms with van der Waals surface area (Å²) in [5, 5.41) is 18.3. The van der Waals surface area contributed by atoms with E-state index < -0.39 is 21.7 Å². The summed E-state index contributed by atoms with van der Waals surface area (Å²) in [6, 6.07) is 6.41. The standard InChI is InChI=1S/C12H19BO5S/c1-12(2,3)19(16,17)9-8-18-11-7-5-4-6-10(11)13(14)15/h4-7,14-15H,8-9H2,1-3H3. The zero-order chi connectivity index (χ0) is 14.7. The Labute approximate surface area is 114 Å². The number of sulfone groups is 1. The topological polar surface area (TPSA) is 83.8 Å². The number of ether oxygens (including phenoxy) is 1. The maximum Gasteiger partial charge on any atom is 0.492 e. The molecule has 5 nitrogen and oxygen atoms in total. The molecule has 0 saturated carbocycles. The molecule has 0 aliphatic heterocycles. The number of hydrogen-bond donors (Lipinski definition) is 2. The first kappa shape index (κ1) is 16.0. The first-order valence-corrected chi connectivity index (χ1v) is 7.60. The van der Waals surface area contributed by atoms with E-state index in [0.717, 1.165) is 0 Å². The van der Waals surface area contributed by atoms with Crippen LogP contribution in [0.25, 0.3) is 0 Å². The highest BCUT2D eigenvalue weighted by atomic mass is 32.2. The van der Waals surface area contributed by atoms with Gasteiger partial charge in [-0.3, -0.25) is 0 Å². The van der Waals surface area contributed by atoms with Crippen LogP contribution in [0, 0.1) is 0 Å². The Morgan fingerprint density at radius 1 is 1.21 bits per heavy atom. The average molecular weight is 286 g/mol. The number of para-hydroxylation sites is 1. The SMILES string of the molecule is CC(C)(C)S(=O)(=O)CCOc1ccccc1B(O)O. The van der Waals surface area contributed by atoms with Gasteiger partial charge in [0.15, 0.2) is 9.84 Å². The summed E-state index contributed by atoms with van der Waals surface area (Å²) in [7, 11) is -4.89. The van der Waals surface area contributed by atoms with Gasteiger partial charge in [-0.05, 0) is 26.8 Å². The monoisotopic (exact) mass is 286 g/mol. The van der Waals surface area contributed by atoms with Gasteiger partial charge >= 0.3 is 7.12 Å². The first-order valence-electron chi connectivity index (χ1n) is 5.95. The largest absolute Gasteiger partial charge is 0.493 e. The number of benzene rings is 1. The summed E-state index contributed by atoms with van der Waals surface area (Å²) in [4.78, 5) is 0. The van der Waals surface area contributed by atoms with Gasteiger partial charge in [-0.25, -0.2) is 8.42 Å². The van der Waals surface area contributed by atoms with Crippen molar-refractivity contribution in [2.45, 2.75) is 25.5 Å². The van der Waals surface area contributed by atoms with Crippen molar-refractivity contribution in [3.8, 4) is 5.75 Å². The van der Waals surface area contributed by atoms with Crippen molar-refractivity contribution >= 4 is 22.4 Å². The van der Waals surface area contributed by atoms with E-state index in [2.05, 4.69) is 0 Å². The van der Waals surface area contributed by atoms with Gasteiger partial charge in [-0.1, -0.05) is 18.2 Å². The molecule has 0 atom stereocenters. The average Bonchev–Trinajstić information content (AvgIpc) is 2.27. The van der Waals surface area contributed by atoms with Crippen LogP contribution in [-0.2, 0) is 9.84 Å². The fraction of sp³-hybridized carbons (Fsp3) is 0.500. The lowest BCUT2D eigenvalue weighted by atomic mass is 9.80. The number of rotatable bonds is 5. The predicted octanol–water partition coefficient (Wildman–Crippen LogP) is -0.0415. The molecule has 0 bridgehead atoms. The van der Waals surface area contributed by atoms with Gasteiger partial charge in [0, 0.05) is 5.46 Å². The molecule has 1 aromatic carbocycles. The van der Waals surface area contributed by atoms with Crippen LogP contribution in [0.3, 0.4) is 0 Å². The summed E-state index contributed by atoms with van der Waals surface area (Å²) in [5.74, 6) is 0.161. The van der Waals surface area contributed by atoms with Crippen molar-refractivity contribution in [3.05, 3.63) is 24.3 Å². The fourth-order valence-corrected chi connectivity index (χ4v) is 2.31. The molecule has 1 rings (SSSR count). The molecule has 19 heavy (non-hydrogen) atoms. The molecule has 0 spiro atoms. The van der Waals surface area contributed by atoms with Gasteiger partial charge in [0.05, 0.1) is 10.5 Å². The second-order valence-electron chi connectivity index (χ2n) is 5.19. The van der Waals surface area contributed by atoms with Gasteiger partial charge in [-0.2, -0.15) is 0 Å². The molecule has 0 radical (unpaired) electrons. The molecule has 0 aliphatic carbocycles. The first-order chi connectivity index (χ1) is 8.65. The van der Waals surface area contributed by atoms with E-state index in [1.165, 1.54) is 6.07 Å². The van der Waals surface area contributed by atoms with Gasteiger partial charge < -0.3 is 14.8 Å². The molecule has 0 unspecified atom stereocenters. The Hall–Kier alpha value is -1.05. The van der Waals surface area contributed by atoms with Crippen molar-refractivity contribution in [3.63, 3.8) is 0 Å². The Morgan fingerprint density at radius 3 is 2.32 bits per heavy atom. The van der Waals surface area contributed by atoms with Crippen LogP contribution in [0.15, 0.2) is 24.3 Å². The summed E-state index contributed by atoms with van der Waals surface area (Å²) in [6.07, 6.45) is 0. The summed E-state index contributed by atoms with van der Waals surface area (Å²) in [6.45, 7) is 4.87. The summed E-state index contributed by atoms with van der Waals surface area (Å²) in [5.41, 5.74) is 0.218. The van der Waals surface area contributed by atoms with Gasteiger partial charge in [-0.15, -0.1) is 0 Å². The normalized spacial score (nSPS) is 12.3. The third-order valence-electron chi connectivity index (χ3n) is 2.74. The molecule has 0 aliphatic rings. The Morgan fingerprint density at radius 2 is 1.79 bits per heavy atom. The second kappa shape index (κ2) is 5.94. The highest BCUT2D eigenvalue weighted by Gasteiger charge is 2.28.